The maximum atomic E-state index is 13.6. The van der Waals surface area contributed by atoms with E-state index in [2.05, 4.69) is 39.9 Å². The second-order valence-corrected chi connectivity index (χ2v) is 5.65. The monoisotopic (exact) mass is 343 g/mol. The van der Waals surface area contributed by atoms with Crippen LogP contribution in [0.25, 0.3) is 0 Å². The van der Waals surface area contributed by atoms with Gasteiger partial charge in [-0.15, -0.1) is 0 Å². The molecule has 0 amide bonds. The van der Waals surface area contributed by atoms with E-state index in [0.717, 1.165) is 17.7 Å². The molecular weight excluding hydrogens is 317 g/mol. The van der Waals surface area contributed by atoms with Gasteiger partial charge >= 0.3 is 0 Å². The molecule has 0 spiro atoms. The lowest BCUT2D eigenvalue weighted by molar-refractivity contribution is 0.134. The first-order valence-corrected chi connectivity index (χ1v) is 8.56. The van der Waals surface area contributed by atoms with Crippen LogP contribution < -0.4 is 10.6 Å². The largest absolute Gasteiger partial charge is 0.377 e. The van der Waals surface area contributed by atoms with Gasteiger partial charge in [0.2, 0.25) is 0 Å². The van der Waals surface area contributed by atoms with Crippen LogP contribution in [0.4, 0.5) is 4.39 Å². The van der Waals surface area contributed by atoms with Crippen LogP contribution in [0.2, 0.25) is 0 Å². The Bertz CT molecular complexity index is 671. The van der Waals surface area contributed by atoms with E-state index >= 15 is 0 Å². The number of ether oxygens (including phenoxy) is 1. The van der Waals surface area contributed by atoms with Gasteiger partial charge in [-0.2, -0.15) is 0 Å². The first kappa shape index (κ1) is 18.9. The lowest BCUT2D eigenvalue weighted by Gasteiger charge is -2.12. The number of nitrogens with zero attached hydrogens (tertiary/aromatic N) is 1. The minimum absolute atomic E-state index is 0.167. The van der Waals surface area contributed by atoms with Crippen molar-refractivity contribution in [1.29, 1.82) is 0 Å². The molecule has 25 heavy (non-hydrogen) atoms. The summed E-state index contributed by atoms with van der Waals surface area (Å²) in [5.74, 6) is 0.536. The fourth-order valence-corrected chi connectivity index (χ4v) is 2.40. The Hall–Kier alpha value is -2.40. The molecule has 0 aliphatic rings. The summed E-state index contributed by atoms with van der Waals surface area (Å²) in [6.45, 7) is 4.65. The van der Waals surface area contributed by atoms with E-state index in [4.69, 9.17) is 4.74 Å². The zero-order chi connectivity index (χ0) is 17.9. The Morgan fingerprint density at radius 2 is 1.76 bits per heavy atom. The number of hydrogen-bond donors (Lipinski definition) is 2. The molecule has 0 radical (unpaired) electrons. The third-order valence-corrected chi connectivity index (χ3v) is 3.82. The molecule has 2 aromatic carbocycles. The lowest BCUT2D eigenvalue weighted by atomic mass is 10.1. The highest BCUT2D eigenvalue weighted by Crippen LogP contribution is 2.07. The van der Waals surface area contributed by atoms with Gasteiger partial charge in [-0.1, -0.05) is 42.5 Å². The van der Waals surface area contributed by atoms with Crippen LogP contribution >= 0.6 is 0 Å². The van der Waals surface area contributed by atoms with Crippen molar-refractivity contribution in [1.82, 2.24) is 10.6 Å². The minimum Gasteiger partial charge on any atom is -0.377 e. The fraction of sp³-hybridized carbons (Fsp3) is 0.350. The highest BCUT2D eigenvalue weighted by molar-refractivity contribution is 5.79. The standard InChI is InChI=1S/C20H26FN3O/c1-3-25-15-17-10-8-16(9-11-17)14-24-20(22-2)23-13-12-18-6-4-5-7-19(18)21/h4-11H,3,12-15H2,1-2H3,(H2,22,23,24). The summed E-state index contributed by atoms with van der Waals surface area (Å²) in [4.78, 5) is 4.20. The fourth-order valence-electron chi connectivity index (χ4n) is 2.40. The predicted octanol–water partition coefficient (Wildman–Crippen LogP) is 3.27. The number of aliphatic imine (C=N–C) groups is 1. The Labute approximate surface area is 149 Å². The number of rotatable bonds is 8. The quantitative estimate of drug-likeness (QED) is 0.571. The molecule has 0 saturated heterocycles. The Balaban J connectivity index is 1.75. The number of guanidine groups is 1. The van der Waals surface area contributed by atoms with Crippen molar-refractivity contribution >= 4 is 5.96 Å². The highest BCUT2D eigenvalue weighted by atomic mass is 19.1. The third kappa shape index (κ3) is 6.55. The lowest BCUT2D eigenvalue weighted by Crippen LogP contribution is -2.37. The summed E-state index contributed by atoms with van der Waals surface area (Å²) in [6.07, 6.45) is 0.611. The zero-order valence-corrected chi connectivity index (χ0v) is 14.9. The molecule has 2 aromatic rings. The van der Waals surface area contributed by atoms with E-state index in [1.807, 2.05) is 13.0 Å². The third-order valence-electron chi connectivity index (χ3n) is 3.82. The van der Waals surface area contributed by atoms with E-state index in [-0.39, 0.29) is 5.82 Å². The average molecular weight is 343 g/mol. The molecule has 134 valence electrons. The van der Waals surface area contributed by atoms with Crippen LogP contribution in [0.3, 0.4) is 0 Å². The van der Waals surface area contributed by atoms with Crippen LogP contribution in [0, 0.1) is 5.82 Å². The maximum absolute atomic E-state index is 13.6. The Morgan fingerprint density at radius 1 is 1.04 bits per heavy atom. The number of benzene rings is 2. The summed E-state index contributed by atoms with van der Waals surface area (Å²) in [7, 11) is 1.73. The van der Waals surface area contributed by atoms with E-state index in [1.54, 1.807) is 19.2 Å². The molecular formula is C20H26FN3O. The summed E-state index contributed by atoms with van der Waals surface area (Å²) < 4.78 is 19.0. The Kier molecular flexibility index (Phi) is 7.92. The minimum atomic E-state index is -0.167. The summed E-state index contributed by atoms with van der Waals surface area (Å²) in [5, 5.41) is 6.47. The van der Waals surface area contributed by atoms with E-state index in [0.29, 0.717) is 37.6 Å². The van der Waals surface area contributed by atoms with Crippen molar-refractivity contribution in [2.24, 2.45) is 4.99 Å². The van der Waals surface area contributed by atoms with Crippen molar-refractivity contribution in [2.45, 2.75) is 26.5 Å². The van der Waals surface area contributed by atoms with Gasteiger partial charge in [-0.3, -0.25) is 4.99 Å². The van der Waals surface area contributed by atoms with Gasteiger partial charge in [-0.05, 0) is 36.1 Å². The maximum Gasteiger partial charge on any atom is 0.191 e. The number of nitrogens with one attached hydrogen (secondary N) is 2. The molecule has 2 N–H and O–H groups in total. The highest BCUT2D eigenvalue weighted by Gasteiger charge is 2.02. The smallest absolute Gasteiger partial charge is 0.191 e. The molecule has 5 heteroatoms. The molecule has 0 fully saturated rings. The van der Waals surface area contributed by atoms with Crippen LogP contribution in [0.15, 0.2) is 53.5 Å². The van der Waals surface area contributed by atoms with Crippen LogP contribution in [-0.2, 0) is 24.3 Å². The van der Waals surface area contributed by atoms with E-state index < -0.39 is 0 Å². The SMILES string of the molecule is CCOCc1ccc(CNC(=NC)NCCc2ccccc2F)cc1. The topological polar surface area (TPSA) is 45.6 Å². The molecule has 2 rings (SSSR count). The van der Waals surface area contributed by atoms with Crippen molar-refractivity contribution in [3.05, 3.63) is 71.0 Å². The predicted molar refractivity (Wildman–Crippen MR) is 100 cm³/mol. The van der Waals surface area contributed by atoms with Gasteiger partial charge in [0.15, 0.2) is 5.96 Å². The van der Waals surface area contributed by atoms with Gasteiger partial charge in [0, 0.05) is 26.7 Å². The molecule has 0 aliphatic heterocycles. The van der Waals surface area contributed by atoms with Gasteiger partial charge < -0.3 is 15.4 Å². The number of halogens is 1. The Morgan fingerprint density at radius 3 is 2.44 bits per heavy atom. The van der Waals surface area contributed by atoms with Crippen molar-refractivity contribution < 1.29 is 9.13 Å². The van der Waals surface area contributed by atoms with Crippen molar-refractivity contribution in [2.75, 3.05) is 20.2 Å². The van der Waals surface area contributed by atoms with E-state index in [1.165, 1.54) is 6.07 Å². The molecule has 0 atom stereocenters. The molecule has 0 heterocycles. The molecule has 0 aromatic heterocycles. The molecule has 0 unspecified atom stereocenters. The summed E-state index contributed by atoms with van der Waals surface area (Å²) in [6, 6.07) is 15.1. The van der Waals surface area contributed by atoms with Crippen LogP contribution in [0.5, 0.6) is 0 Å². The molecule has 0 aliphatic carbocycles. The zero-order valence-electron chi connectivity index (χ0n) is 14.9. The first-order chi connectivity index (χ1) is 12.2. The first-order valence-electron chi connectivity index (χ1n) is 8.56. The van der Waals surface area contributed by atoms with Crippen molar-refractivity contribution in [3.8, 4) is 0 Å². The second-order valence-electron chi connectivity index (χ2n) is 5.65. The second kappa shape index (κ2) is 10.5. The van der Waals surface area contributed by atoms with Gasteiger partial charge in [0.25, 0.3) is 0 Å². The molecule has 0 bridgehead atoms. The summed E-state index contributed by atoms with van der Waals surface area (Å²) in [5.41, 5.74) is 3.03. The van der Waals surface area contributed by atoms with Crippen LogP contribution in [0.1, 0.15) is 23.6 Å². The summed E-state index contributed by atoms with van der Waals surface area (Å²) >= 11 is 0. The van der Waals surface area contributed by atoms with Crippen molar-refractivity contribution in [3.63, 3.8) is 0 Å². The average Bonchev–Trinajstić information content (AvgIpc) is 2.65. The molecule has 4 nitrogen and oxygen atoms in total. The van der Waals surface area contributed by atoms with Crippen LogP contribution in [-0.4, -0.2) is 26.2 Å². The van der Waals surface area contributed by atoms with Gasteiger partial charge in [0.1, 0.15) is 5.82 Å². The van der Waals surface area contributed by atoms with Gasteiger partial charge in [-0.25, -0.2) is 4.39 Å². The molecule has 0 saturated carbocycles. The normalized spacial score (nSPS) is 11.4. The number of hydrogen-bond acceptors (Lipinski definition) is 2. The van der Waals surface area contributed by atoms with Gasteiger partial charge in [0.05, 0.1) is 6.61 Å². The van der Waals surface area contributed by atoms with E-state index in [9.17, 15) is 4.39 Å².